The Labute approximate surface area is 146 Å². The number of rotatable bonds is 4. The molecule has 134 valence electrons. The SMILES string of the molecule is CCOC(=O)c1nn(CC(=O)N2CCNCC23CC3)c2c1[C@@H]1C[C@@H]1C2. The summed E-state index contributed by atoms with van der Waals surface area (Å²) in [5.74, 6) is 0.863. The van der Waals surface area contributed by atoms with Gasteiger partial charge in [-0.25, -0.2) is 4.79 Å². The highest BCUT2D eigenvalue weighted by molar-refractivity contribution is 5.90. The van der Waals surface area contributed by atoms with E-state index in [-0.39, 0.29) is 24.0 Å². The number of carbonyl (C=O) groups excluding carboxylic acids is 2. The number of ether oxygens (including phenoxy) is 1. The Balaban J connectivity index is 1.41. The quantitative estimate of drug-likeness (QED) is 0.813. The van der Waals surface area contributed by atoms with Crippen molar-refractivity contribution in [2.45, 2.75) is 50.6 Å². The fourth-order valence-corrected chi connectivity index (χ4v) is 4.71. The molecule has 1 saturated heterocycles. The van der Waals surface area contributed by atoms with Gasteiger partial charge in [0.2, 0.25) is 5.91 Å². The number of aromatic nitrogens is 2. The summed E-state index contributed by atoms with van der Waals surface area (Å²) in [5, 5.41) is 7.90. The number of hydrogen-bond acceptors (Lipinski definition) is 5. The van der Waals surface area contributed by atoms with Crippen LogP contribution in [0.3, 0.4) is 0 Å². The van der Waals surface area contributed by atoms with Crippen LogP contribution in [0.25, 0.3) is 0 Å². The molecule has 1 aromatic rings. The minimum absolute atomic E-state index is 0.0395. The second kappa shape index (κ2) is 5.30. The average molecular weight is 344 g/mol. The topological polar surface area (TPSA) is 76.5 Å². The van der Waals surface area contributed by atoms with E-state index in [0.717, 1.165) is 56.6 Å². The summed E-state index contributed by atoms with van der Waals surface area (Å²) < 4.78 is 6.97. The van der Waals surface area contributed by atoms with Crippen molar-refractivity contribution in [1.29, 1.82) is 0 Å². The van der Waals surface area contributed by atoms with E-state index in [1.807, 2.05) is 4.90 Å². The summed E-state index contributed by atoms with van der Waals surface area (Å²) in [6.07, 6.45) is 4.24. The molecular weight excluding hydrogens is 320 g/mol. The van der Waals surface area contributed by atoms with Crippen LogP contribution in [0.5, 0.6) is 0 Å². The van der Waals surface area contributed by atoms with E-state index in [4.69, 9.17) is 4.74 Å². The Bertz CT molecular complexity index is 752. The van der Waals surface area contributed by atoms with E-state index in [2.05, 4.69) is 10.4 Å². The lowest BCUT2D eigenvalue weighted by Crippen LogP contribution is -2.56. The first-order chi connectivity index (χ1) is 12.1. The van der Waals surface area contributed by atoms with Crippen LogP contribution in [0.1, 0.15) is 53.8 Å². The number of hydrogen-bond donors (Lipinski definition) is 1. The maximum absolute atomic E-state index is 12.9. The van der Waals surface area contributed by atoms with Crippen molar-refractivity contribution in [3.63, 3.8) is 0 Å². The van der Waals surface area contributed by atoms with E-state index in [0.29, 0.717) is 24.1 Å². The summed E-state index contributed by atoms with van der Waals surface area (Å²) in [7, 11) is 0. The molecule has 0 unspecified atom stereocenters. The molecule has 5 rings (SSSR count). The van der Waals surface area contributed by atoms with Crippen LogP contribution in [-0.2, 0) is 22.5 Å². The van der Waals surface area contributed by atoms with E-state index in [9.17, 15) is 9.59 Å². The maximum Gasteiger partial charge on any atom is 0.359 e. The number of nitrogens with one attached hydrogen (secondary N) is 1. The standard InChI is InChI=1S/C18H24N4O3/c1-2-25-17(24)16-15-12-7-11(12)8-13(15)22(20-16)9-14(23)21-6-5-19-10-18(21)3-4-18/h11-12,19H,2-10H2,1H3/t11-,12-/m1/s1. The molecule has 1 amide bonds. The molecule has 7 nitrogen and oxygen atoms in total. The van der Waals surface area contributed by atoms with Gasteiger partial charge < -0.3 is 15.0 Å². The molecule has 0 aromatic carbocycles. The normalized spacial score (nSPS) is 27.8. The predicted molar refractivity (Wildman–Crippen MR) is 89.3 cm³/mol. The van der Waals surface area contributed by atoms with Gasteiger partial charge in [-0.05, 0) is 44.4 Å². The summed E-state index contributed by atoms with van der Waals surface area (Å²) in [6, 6.07) is 0. The molecule has 3 aliphatic carbocycles. The average Bonchev–Trinajstić information content (AvgIpc) is 3.47. The van der Waals surface area contributed by atoms with Gasteiger partial charge in [0.15, 0.2) is 5.69 Å². The molecule has 2 atom stereocenters. The van der Waals surface area contributed by atoms with E-state index < -0.39 is 0 Å². The first-order valence-corrected chi connectivity index (χ1v) is 9.41. The fourth-order valence-electron chi connectivity index (χ4n) is 4.71. The van der Waals surface area contributed by atoms with Crippen molar-refractivity contribution >= 4 is 11.9 Å². The number of carbonyl (C=O) groups is 2. The van der Waals surface area contributed by atoms with Crippen molar-refractivity contribution in [3.8, 4) is 0 Å². The van der Waals surface area contributed by atoms with Gasteiger partial charge in [0, 0.05) is 30.9 Å². The molecular formula is C18H24N4O3. The molecule has 1 spiro atoms. The van der Waals surface area contributed by atoms with E-state index >= 15 is 0 Å². The van der Waals surface area contributed by atoms with Gasteiger partial charge in [-0.3, -0.25) is 9.48 Å². The van der Waals surface area contributed by atoms with Gasteiger partial charge in [-0.1, -0.05) is 0 Å². The molecule has 25 heavy (non-hydrogen) atoms. The Kier molecular flexibility index (Phi) is 3.26. The molecule has 2 heterocycles. The number of nitrogens with zero attached hydrogens (tertiary/aromatic N) is 3. The Hall–Kier alpha value is -1.89. The zero-order valence-corrected chi connectivity index (χ0v) is 14.6. The second-order valence-corrected chi connectivity index (χ2v) is 7.84. The zero-order valence-electron chi connectivity index (χ0n) is 14.6. The van der Waals surface area contributed by atoms with E-state index in [1.54, 1.807) is 11.6 Å². The first kappa shape index (κ1) is 15.4. The molecule has 1 aromatic heterocycles. The van der Waals surface area contributed by atoms with Crippen LogP contribution >= 0.6 is 0 Å². The number of fused-ring (bicyclic) bond motifs is 3. The summed E-state index contributed by atoms with van der Waals surface area (Å²) in [5.41, 5.74) is 2.61. The van der Waals surface area contributed by atoms with Gasteiger partial charge in [-0.15, -0.1) is 0 Å². The minimum Gasteiger partial charge on any atom is -0.461 e. The molecule has 7 heteroatoms. The van der Waals surface area contributed by atoms with Crippen LogP contribution in [0.4, 0.5) is 0 Å². The van der Waals surface area contributed by atoms with Crippen LogP contribution in [0.2, 0.25) is 0 Å². The highest BCUT2D eigenvalue weighted by atomic mass is 16.5. The summed E-state index contributed by atoms with van der Waals surface area (Å²) in [6.45, 7) is 4.90. The lowest BCUT2D eigenvalue weighted by atomic mass is 10.1. The summed E-state index contributed by atoms with van der Waals surface area (Å²) in [4.78, 5) is 27.3. The molecule has 1 aliphatic heterocycles. The third-order valence-electron chi connectivity index (χ3n) is 6.27. The first-order valence-electron chi connectivity index (χ1n) is 9.41. The van der Waals surface area contributed by atoms with Crippen molar-refractivity contribution in [3.05, 3.63) is 17.0 Å². The van der Waals surface area contributed by atoms with E-state index in [1.165, 1.54) is 0 Å². The van der Waals surface area contributed by atoms with Gasteiger partial charge in [0.1, 0.15) is 6.54 Å². The lowest BCUT2D eigenvalue weighted by Gasteiger charge is -2.37. The van der Waals surface area contributed by atoms with Gasteiger partial charge in [0.05, 0.1) is 12.1 Å². The van der Waals surface area contributed by atoms with Crippen LogP contribution in [0.15, 0.2) is 0 Å². The fraction of sp³-hybridized carbons (Fsp3) is 0.722. The monoisotopic (exact) mass is 344 g/mol. The second-order valence-electron chi connectivity index (χ2n) is 7.84. The highest BCUT2D eigenvalue weighted by Gasteiger charge is 2.52. The minimum atomic E-state index is -0.349. The number of esters is 1. The molecule has 0 radical (unpaired) electrons. The Morgan fingerprint density at radius 2 is 2.24 bits per heavy atom. The third kappa shape index (κ3) is 2.32. The van der Waals surface area contributed by atoms with Gasteiger partial charge in [-0.2, -0.15) is 5.10 Å². The van der Waals surface area contributed by atoms with Crippen LogP contribution in [-0.4, -0.2) is 58.3 Å². The van der Waals surface area contributed by atoms with Gasteiger partial charge >= 0.3 is 5.97 Å². The number of amides is 1. The summed E-state index contributed by atoms with van der Waals surface area (Å²) >= 11 is 0. The molecule has 4 aliphatic rings. The molecule has 1 N–H and O–H groups in total. The number of piperazine rings is 1. The Morgan fingerprint density at radius 3 is 3.00 bits per heavy atom. The zero-order chi connectivity index (χ0) is 17.2. The van der Waals surface area contributed by atoms with Crippen molar-refractivity contribution in [1.82, 2.24) is 20.0 Å². The predicted octanol–water partition coefficient (Wildman–Crippen LogP) is 0.684. The lowest BCUT2D eigenvalue weighted by molar-refractivity contribution is -0.136. The van der Waals surface area contributed by atoms with Gasteiger partial charge in [0.25, 0.3) is 0 Å². The largest absolute Gasteiger partial charge is 0.461 e. The van der Waals surface area contributed by atoms with Crippen molar-refractivity contribution in [2.24, 2.45) is 5.92 Å². The van der Waals surface area contributed by atoms with Crippen LogP contribution in [0, 0.1) is 5.92 Å². The van der Waals surface area contributed by atoms with Crippen LogP contribution < -0.4 is 5.32 Å². The molecule has 3 fully saturated rings. The Morgan fingerprint density at radius 1 is 1.40 bits per heavy atom. The van der Waals surface area contributed by atoms with Crippen molar-refractivity contribution < 1.29 is 14.3 Å². The third-order valence-corrected chi connectivity index (χ3v) is 6.27. The van der Waals surface area contributed by atoms with Crippen molar-refractivity contribution in [2.75, 3.05) is 26.2 Å². The maximum atomic E-state index is 12.9. The molecule has 2 saturated carbocycles. The smallest absolute Gasteiger partial charge is 0.359 e. The highest BCUT2D eigenvalue weighted by Crippen LogP contribution is 2.57. The molecule has 0 bridgehead atoms.